The number of methoxy groups -OCH3 is 2. The molecule has 0 aliphatic carbocycles. The lowest BCUT2D eigenvalue weighted by Gasteiger charge is -2.22. The first-order valence-corrected chi connectivity index (χ1v) is 8.85. The van der Waals surface area contributed by atoms with Crippen molar-refractivity contribution in [2.24, 2.45) is 0 Å². The SMILES string of the molecule is CCN(CC(=O)N[C@@H](C)c1ccccc1)Cc1ccc(OC)c(OC)c1. The van der Waals surface area contributed by atoms with Crippen LogP contribution in [0.4, 0.5) is 0 Å². The van der Waals surface area contributed by atoms with Gasteiger partial charge in [0.25, 0.3) is 0 Å². The fraction of sp³-hybridized carbons (Fsp3) is 0.381. The number of benzene rings is 2. The Morgan fingerprint density at radius 2 is 1.77 bits per heavy atom. The molecule has 2 aromatic carbocycles. The summed E-state index contributed by atoms with van der Waals surface area (Å²) in [6, 6.07) is 15.8. The molecule has 0 heterocycles. The molecule has 0 unspecified atom stereocenters. The van der Waals surface area contributed by atoms with Gasteiger partial charge in [0.2, 0.25) is 5.91 Å². The van der Waals surface area contributed by atoms with E-state index in [0.29, 0.717) is 24.6 Å². The number of carbonyl (C=O) groups excluding carboxylic acids is 1. The Hall–Kier alpha value is -2.53. The molecule has 0 spiro atoms. The molecular weight excluding hydrogens is 328 g/mol. The summed E-state index contributed by atoms with van der Waals surface area (Å²) >= 11 is 0. The maximum Gasteiger partial charge on any atom is 0.234 e. The number of nitrogens with one attached hydrogen (secondary N) is 1. The van der Waals surface area contributed by atoms with Crippen molar-refractivity contribution in [3.05, 3.63) is 59.7 Å². The second kappa shape index (κ2) is 9.82. The van der Waals surface area contributed by atoms with E-state index in [2.05, 4.69) is 17.1 Å². The zero-order valence-electron chi connectivity index (χ0n) is 16.0. The third-order valence-electron chi connectivity index (χ3n) is 4.35. The molecule has 0 saturated carbocycles. The predicted molar refractivity (Wildman–Crippen MR) is 103 cm³/mol. The van der Waals surface area contributed by atoms with E-state index >= 15 is 0 Å². The number of amides is 1. The van der Waals surface area contributed by atoms with Crippen molar-refractivity contribution >= 4 is 5.91 Å². The summed E-state index contributed by atoms with van der Waals surface area (Å²) in [6.45, 7) is 5.85. The van der Waals surface area contributed by atoms with Gasteiger partial charge >= 0.3 is 0 Å². The van der Waals surface area contributed by atoms with Crippen LogP contribution < -0.4 is 14.8 Å². The Morgan fingerprint density at radius 3 is 2.38 bits per heavy atom. The summed E-state index contributed by atoms with van der Waals surface area (Å²) in [7, 11) is 3.24. The van der Waals surface area contributed by atoms with E-state index in [1.165, 1.54) is 0 Å². The van der Waals surface area contributed by atoms with Crippen LogP contribution in [0.5, 0.6) is 11.5 Å². The molecular formula is C21H28N2O3. The number of hydrogen-bond acceptors (Lipinski definition) is 4. The summed E-state index contributed by atoms with van der Waals surface area (Å²) in [5, 5.41) is 3.06. The average molecular weight is 356 g/mol. The van der Waals surface area contributed by atoms with Crippen molar-refractivity contribution in [3.63, 3.8) is 0 Å². The number of hydrogen-bond donors (Lipinski definition) is 1. The van der Waals surface area contributed by atoms with Gasteiger partial charge in [-0.05, 0) is 36.7 Å². The van der Waals surface area contributed by atoms with Crippen molar-refractivity contribution in [3.8, 4) is 11.5 Å². The van der Waals surface area contributed by atoms with Gasteiger partial charge in [-0.3, -0.25) is 9.69 Å². The van der Waals surface area contributed by atoms with Gasteiger partial charge in [0, 0.05) is 6.54 Å². The Balaban J connectivity index is 1.95. The van der Waals surface area contributed by atoms with Gasteiger partial charge < -0.3 is 14.8 Å². The number of ether oxygens (including phenoxy) is 2. The zero-order valence-corrected chi connectivity index (χ0v) is 16.0. The fourth-order valence-corrected chi connectivity index (χ4v) is 2.83. The third-order valence-corrected chi connectivity index (χ3v) is 4.35. The molecule has 0 aliphatic heterocycles. The Labute approximate surface area is 155 Å². The molecule has 0 fully saturated rings. The van der Waals surface area contributed by atoms with Crippen LogP contribution >= 0.6 is 0 Å². The van der Waals surface area contributed by atoms with E-state index in [4.69, 9.17) is 9.47 Å². The van der Waals surface area contributed by atoms with Crippen LogP contribution in [0.25, 0.3) is 0 Å². The molecule has 2 aromatic rings. The number of nitrogens with zero attached hydrogens (tertiary/aromatic N) is 1. The van der Waals surface area contributed by atoms with Gasteiger partial charge in [0.05, 0.1) is 26.8 Å². The third kappa shape index (κ3) is 5.49. The highest BCUT2D eigenvalue weighted by atomic mass is 16.5. The second-order valence-electron chi connectivity index (χ2n) is 6.19. The highest BCUT2D eigenvalue weighted by molar-refractivity contribution is 5.78. The maximum absolute atomic E-state index is 12.4. The summed E-state index contributed by atoms with van der Waals surface area (Å²) in [5.41, 5.74) is 2.18. The Morgan fingerprint density at radius 1 is 1.08 bits per heavy atom. The number of likely N-dealkylation sites (N-methyl/N-ethyl adjacent to an activating group) is 1. The van der Waals surface area contributed by atoms with Gasteiger partial charge in [-0.2, -0.15) is 0 Å². The molecule has 0 bridgehead atoms. The topological polar surface area (TPSA) is 50.8 Å². The van der Waals surface area contributed by atoms with E-state index in [0.717, 1.165) is 17.7 Å². The second-order valence-corrected chi connectivity index (χ2v) is 6.19. The molecule has 1 atom stereocenters. The minimum atomic E-state index is -0.0107. The van der Waals surface area contributed by atoms with E-state index in [1.807, 2.05) is 55.5 Å². The van der Waals surface area contributed by atoms with Gasteiger partial charge in [0.15, 0.2) is 11.5 Å². The van der Waals surface area contributed by atoms with Crippen LogP contribution in [-0.4, -0.2) is 38.1 Å². The van der Waals surface area contributed by atoms with Crippen LogP contribution in [-0.2, 0) is 11.3 Å². The molecule has 0 aliphatic rings. The quantitative estimate of drug-likeness (QED) is 0.748. The Kier molecular flexibility index (Phi) is 7.48. The highest BCUT2D eigenvalue weighted by Crippen LogP contribution is 2.28. The standard InChI is InChI=1S/C21H28N2O3/c1-5-23(14-17-11-12-19(25-3)20(13-17)26-4)15-21(24)22-16(2)18-9-7-6-8-10-18/h6-13,16H,5,14-15H2,1-4H3,(H,22,24)/t16-/m0/s1. The molecule has 26 heavy (non-hydrogen) atoms. The van der Waals surface area contributed by atoms with E-state index in [1.54, 1.807) is 14.2 Å². The predicted octanol–water partition coefficient (Wildman–Crippen LogP) is 3.40. The summed E-state index contributed by atoms with van der Waals surface area (Å²) < 4.78 is 10.6. The van der Waals surface area contributed by atoms with Crippen molar-refractivity contribution in [1.82, 2.24) is 10.2 Å². The summed E-state index contributed by atoms with van der Waals surface area (Å²) in [4.78, 5) is 14.5. The van der Waals surface area contributed by atoms with E-state index in [9.17, 15) is 4.79 Å². The average Bonchev–Trinajstić information content (AvgIpc) is 2.67. The molecule has 0 aromatic heterocycles. The van der Waals surface area contributed by atoms with E-state index < -0.39 is 0 Å². The summed E-state index contributed by atoms with van der Waals surface area (Å²) in [6.07, 6.45) is 0. The first-order chi connectivity index (χ1) is 12.6. The van der Waals surface area contributed by atoms with Crippen LogP contribution in [0.2, 0.25) is 0 Å². The van der Waals surface area contributed by atoms with Crippen LogP contribution in [0.15, 0.2) is 48.5 Å². The Bertz CT molecular complexity index is 704. The van der Waals surface area contributed by atoms with Crippen molar-refractivity contribution in [2.45, 2.75) is 26.4 Å². The van der Waals surface area contributed by atoms with Gasteiger partial charge in [-0.1, -0.05) is 43.3 Å². The molecule has 0 radical (unpaired) electrons. The molecule has 5 heteroatoms. The van der Waals surface area contributed by atoms with Gasteiger partial charge in [-0.15, -0.1) is 0 Å². The molecule has 2 rings (SSSR count). The van der Waals surface area contributed by atoms with Crippen LogP contribution in [0, 0.1) is 0 Å². The first-order valence-electron chi connectivity index (χ1n) is 8.85. The largest absolute Gasteiger partial charge is 0.493 e. The first kappa shape index (κ1) is 19.8. The fourth-order valence-electron chi connectivity index (χ4n) is 2.83. The minimum absolute atomic E-state index is 0.0107. The number of rotatable bonds is 9. The minimum Gasteiger partial charge on any atom is -0.493 e. The molecule has 140 valence electrons. The molecule has 0 saturated heterocycles. The smallest absolute Gasteiger partial charge is 0.234 e. The maximum atomic E-state index is 12.4. The monoisotopic (exact) mass is 356 g/mol. The van der Waals surface area contributed by atoms with E-state index in [-0.39, 0.29) is 11.9 Å². The molecule has 1 N–H and O–H groups in total. The van der Waals surface area contributed by atoms with Crippen molar-refractivity contribution in [1.29, 1.82) is 0 Å². The van der Waals surface area contributed by atoms with Crippen molar-refractivity contribution in [2.75, 3.05) is 27.3 Å². The molecule has 1 amide bonds. The van der Waals surface area contributed by atoms with Gasteiger partial charge in [-0.25, -0.2) is 0 Å². The lowest BCUT2D eigenvalue weighted by molar-refractivity contribution is -0.123. The number of carbonyl (C=O) groups is 1. The zero-order chi connectivity index (χ0) is 18.9. The van der Waals surface area contributed by atoms with Crippen LogP contribution in [0.3, 0.4) is 0 Å². The normalized spacial score (nSPS) is 11.9. The lowest BCUT2D eigenvalue weighted by atomic mass is 10.1. The van der Waals surface area contributed by atoms with Gasteiger partial charge in [0.1, 0.15) is 0 Å². The van der Waals surface area contributed by atoms with Crippen LogP contribution in [0.1, 0.15) is 31.0 Å². The summed E-state index contributed by atoms with van der Waals surface area (Å²) in [5.74, 6) is 1.42. The molecule has 5 nitrogen and oxygen atoms in total. The highest BCUT2D eigenvalue weighted by Gasteiger charge is 2.14. The van der Waals surface area contributed by atoms with Crippen molar-refractivity contribution < 1.29 is 14.3 Å². The lowest BCUT2D eigenvalue weighted by Crippen LogP contribution is -2.37.